The van der Waals surface area contributed by atoms with Gasteiger partial charge in [-0.15, -0.1) is 5.10 Å². The first-order chi connectivity index (χ1) is 11.6. The second-order valence-corrected chi connectivity index (χ2v) is 6.49. The van der Waals surface area contributed by atoms with Crippen molar-refractivity contribution in [3.63, 3.8) is 0 Å². The molecular weight excluding hydrogens is 302 g/mol. The lowest BCUT2D eigenvalue weighted by Gasteiger charge is -2.19. The Morgan fingerprint density at radius 1 is 1.08 bits per heavy atom. The van der Waals surface area contributed by atoms with E-state index >= 15 is 0 Å². The van der Waals surface area contributed by atoms with Gasteiger partial charge in [-0.1, -0.05) is 26.0 Å². The van der Waals surface area contributed by atoms with Crippen molar-refractivity contribution in [3.8, 4) is 11.5 Å². The molecule has 1 atom stereocenters. The number of hydrogen-bond acceptors (Lipinski definition) is 5. The van der Waals surface area contributed by atoms with E-state index in [2.05, 4.69) is 47.1 Å². The van der Waals surface area contributed by atoms with E-state index in [1.807, 2.05) is 12.1 Å². The summed E-state index contributed by atoms with van der Waals surface area (Å²) in [5.41, 5.74) is 2.23. The summed E-state index contributed by atoms with van der Waals surface area (Å²) in [4.78, 5) is 2.29. The van der Waals surface area contributed by atoms with Gasteiger partial charge in [-0.05, 0) is 30.5 Å². The molecule has 2 aromatic rings. The Hall–Kier alpha value is -2.30. The molecule has 0 aliphatic carbocycles. The standard InChI is InChI=1S/C19H25N3O2/c1-13(2)16-8-9-18(21-20-16)22-11-10-14(12-22)15-6-5-7-17(23-3)19(15)24-4/h5-9,13-14H,10-12H2,1-4H3. The number of aromatic nitrogens is 2. The molecular formula is C19H25N3O2. The largest absolute Gasteiger partial charge is 0.493 e. The number of methoxy groups -OCH3 is 2. The zero-order valence-electron chi connectivity index (χ0n) is 14.8. The van der Waals surface area contributed by atoms with Crippen molar-refractivity contribution >= 4 is 5.82 Å². The predicted molar refractivity (Wildman–Crippen MR) is 95.2 cm³/mol. The lowest BCUT2D eigenvalue weighted by molar-refractivity contribution is 0.350. The van der Waals surface area contributed by atoms with Crippen LogP contribution in [-0.4, -0.2) is 37.5 Å². The number of anilines is 1. The van der Waals surface area contributed by atoms with Crippen LogP contribution in [0.5, 0.6) is 11.5 Å². The SMILES string of the molecule is COc1cccc(C2CCN(c3ccc(C(C)C)nn3)C2)c1OC. The van der Waals surface area contributed by atoms with Crippen molar-refractivity contribution in [1.82, 2.24) is 10.2 Å². The van der Waals surface area contributed by atoms with Crippen LogP contribution >= 0.6 is 0 Å². The molecule has 5 nitrogen and oxygen atoms in total. The van der Waals surface area contributed by atoms with Crippen LogP contribution < -0.4 is 14.4 Å². The molecule has 0 saturated carbocycles. The second kappa shape index (κ2) is 7.07. The van der Waals surface area contributed by atoms with Gasteiger partial charge in [0.2, 0.25) is 0 Å². The Balaban J connectivity index is 1.78. The summed E-state index contributed by atoms with van der Waals surface area (Å²) in [6, 6.07) is 10.2. The van der Waals surface area contributed by atoms with Gasteiger partial charge in [0, 0.05) is 24.6 Å². The van der Waals surface area contributed by atoms with Crippen molar-refractivity contribution in [2.45, 2.75) is 32.1 Å². The minimum absolute atomic E-state index is 0.402. The molecule has 0 amide bonds. The van der Waals surface area contributed by atoms with E-state index in [1.165, 1.54) is 5.56 Å². The number of nitrogens with zero attached hydrogens (tertiary/aromatic N) is 3. The fraction of sp³-hybridized carbons (Fsp3) is 0.474. The molecule has 24 heavy (non-hydrogen) atoms. The molecule has 128 valence electrons. The third-order valence-corrected chi connectivity index (χ3v) is 4.65. The summed E-state index contributed by atoms with van der Waals surface area (Å²) in [6.07, 6.45) is 1.07. The molecule has 1 unspecified atom stereocenters. The zero-order chi connectivity index (χ0) is 17.1. The summed E-state index contributed by atoms with van der Waals surface area (Å²) in [6.45, 7) is 6.15. The summed E-state index contributed by atoms with van der Waals surface area (Å²) in [5.74, 6) is 3.38. The van der Waals surface area contributed by atoms with Gasteiger partial charge < -0.3 is 14.4 Å². The van der Waals surface area contributed by atoms with Gasteiger partial charge in [-0.3, -0.25) is 0 Å². The van der Waals surface area contributed by atoms with E-state index in [-0.39, 0.29) is 0 Å². The quantitative estimate of drug-likeness (QED) is 0.839. The summed E-state index contributed by atoms with van der Waals surface area (Å²) in [5, 5.41) is 8.75. The maximum Gasteiger partial charge on any atom is 0.164 e. The maximum atomic E-state index is 5.59. The topological polar surface area (TPSA) is 47.5 Å². The smallest absolute Gasteiger partial charge is 0.164 e. The highest BCUT2D eigenvalue weighted by Crippen LogP contribution is 2.39. The summed E-state index contributed by atoms with van der Waals surface area (Å²) >= 11 is 0. The molecule has 0 spiro atoms. The van der Waals surface area contributed by atoms with Crippen LogP contribution in [-0.2, 0) is 0 Å². The fourth-order valence-electron chi connectivity index (χ4n) is 3.27. The molecule has 1 aromatic carbocycles. The third-order valence-electron chi connectivity index (χ3n) is 4.65. The molecule has 5 heteroatoms. The van der Waals surface area contributed by atoms with Crippen LogP contribution in [0.15, 0.2) is 30.3 Å². The Morgan fingerprint density at radius 3 is 2.54 bits per heavy atom. The lowest BCUT2D eigenvalue weighted by atomic mass is 9.97. The van der Waals surface area contributed by atoms with Crippen LogP contribution in [0.1, 0.15) is 43.4 Å². The normalized spacial score (nSPS) is 17.4. The van der Waals surface area contributed by atoms with Crippen molar-refractivity contribution in [2.24, 2.45) is 0 Å². The molecule has 0 bridgehead atoms. The monoisotopic (exact) mass is 327 g/mol. The highest BCUT2D eigenvalue weighted by atomic mass is 16.5. The first kappa shape index (κ1) is 16.6. The Kier molecular flexibility index (Phi) is 4.88. The Bertz CT molecular complexity index is 686. The van der Waals surface area contributed by atoms with Gasteiger partial charge in [0.15, 0.2) is 17.3 Å². The van der Waals surface area contributed by atoms with Crippen LogP contribution in [0, 0.1) is 0 Å². The summed E-state index contributed by atoms with van der Waals surface area (Å²) in [7, 11) is 3.37. The Morgan fingerprint density at radius 2 is 1.92 bits per heavy atom. The molecule has 2 heterocycles. The van der Waals surface area contributed by atoms with Crippen LogP contribution in [0.4, 0.5) is 5.82 Å². The summed E-state index contributed by atoms with van der Waals surface area (Å²) < 4.78 is 11.0. The molecule has 0 radical (unpaired) electrons. The molecule has 1 aromatic heterocycles. The van der Waals surface area contributed by atoms with E-state index in [1.54, 1.807) is 14.2 Å². The lowest BCUT2D eigenvalue weighted by Crippen LogP contribution is -2.21. The minimum atomic E-state index is 0.402. The van der Waals surface area contributed by atoms with Crippen LogP contribution in [0.3, 0.4) is 0 Å². The fourth-order valence-corrected chi connectivity index (χ4v) is 3.27. The maximum absolute atomic E-state index is 5.59. The second-order valence-electron chi connectivity index (χ2n) is 6.49. The first-order valence-corrected chi connectivity index (χ1v) is 8.43. The number of benzene rings is 1. The first-order valence-electron chi connectivity index (χ1n) is 8.43. The average Bonchev–Trinajstić information content (AvgIpc) is 3.10. The highest BCUT2D eigenvalue weighted by Gasteiger charge is 2.28. The minimum Gasteiger partial charge on any atom is -0.493 e. The molecule has 1 aliphatic rings. The van der Waals surface area contributed by atoms with E-state index in [0.717, 1.165) is 42.5 Å². The molecule has 1 aliphatic heterocycles. The Labute approximate surface area is 143 Å². The van der Waals surface area contributed by atoms with E-state index in [4.69, 9.17) is 9.47 Å². The number of rotatable bonds is 5. The van der Waals surface area contributed by atoms with E-state index in [9.17, 15) is 0 Å². The van der Waals surface area contributed by atoms with E-state index in [0.29, 0.717) is 11.8 Å². The molecule has 0 N–H and O–H groups in total. The third kappa shape index (κ3) is 3.16. The van der Waals surface area contributed by atoms with Gasteiger partial charge in [-0.25, -0.2) is 0 Å². The predicted octanol–water partition coefficient (Wildman–Crippen LogP) is 3.61. The van der Waals surface area contributed by atoms with Crippen LogP contribution in [0.2, 0.25) is 0 Å². The van der Waals surface area contributed by atoms with Gasteiger partial charge in [0.25, 0.3) is 0 Å². The number of hydrogen-bond donors (Lipinski definition) is 0. The van der Waals surface area contributed by atoms with Crippen molar-refractivity contribution in [1.29, 1.82) is 0 Å². The van der Waals surface area contributed by atoms with Crippen LogP contribution in [0.25, 0.3) is 0 Å². The van der Waals surface area contributed by atoms with Gasteiger partial charge in [-0.2, -0.15) is 5.10 Å². The molecule has 3 rings (SSSR count). The van der Waals surface area contributed by atoms with Gasteiger partial charge >= 0.3 is 0 Å². The van der Waals surface area contributed by atoms with E-state index < -0.39 is 0 Å². The average molecular weight is 327 g/mol. The van der Waals surface area contributed by atoms with Crippen molar-refractivity contribution in [3.05, 3.63) is 41.6 Å². The van der Waals surface area contributed by atoms with Crippen molar-refractivity contribution in [2.75, 3.05) is 32.2 Å². The van der Waals surface area contributed by atoms with Gasteiger partial charge in [0.1, 0.15) is 0 Å². The molecule has 1 fully saturated rings. The number of para-hydroxylation sites is 1. The highest BCUT2D eigenvalue weighted by molar-refractivity contribution is 5.50. The van der Waals surface area contributed by atoms with Gasteiger partial charge in [0.05, 0.1) is 19.9 Å². The number of ether oxygens (including phenoxy) is 2. The van der Waals surface area contributed by atoms with Crippen molar-refractivity contribution < 1.29 is 9.47 Å². The zero-order valence-corrected chi connectivity index (χ0v) is 14.8. The molecule has 1 saturated heterocycles.